The van der Waals surface area contributed by atoms with E-state index in [9.17, 15) is 0 Å². The summed E-state index contributed by atoms with van der Waals surface area (Å²) >= 11 is 0. The van der Waals surface area contributed by atoms with E-state index in [0.717, 1.165) is 10.8 Å². The third-order valence-corrected chi connectivity index (χ3v) is 3.00. The van der Waals surface area contributed by atoms with Gasteiger partial charge in [0.1, 0.15) is 0 Å². The molecule has 0 unspecified atom stereocenters. The second kappa shape index (κ2) is 3.98. The van der Waals surface area contributed by atoms with Crippen LogP contribution in [0.5, 0.6) is 0 Å². The molecule has 0 amide bonds. The Morgan fingerprint density at radius 2 is 1.59 bits per heavy atom. The summed E-state index contributed by atoms with van der Waals surface area (Å²) in [6, 6.07) is 14.6. The third-order valence-electron chi connectivity index (χ3n) is 3.00. The van der Waals surface area contributed by atoms with Crippen LogP contribution in [0.15, 0.2) is 54.9 Å². The van der Waals surface area contributed by atoms with Crippen LogP contribution in [0.25, 0.3) is 21.9 Å². The van der Waals surface area contributed by atoms with Crippen molar-refractivity contribution in [2.45, 2.75) is 6.92 Å². The summed E-state index contributed by atoms with van der Waals surface area (Å²) in [4.78, 5) is 0. The van der Waals surface area contributed by atoms with Crippen molar-refractivity contribution in [2.75, 3.05) is 0 Å². The summed E-state index contributed by atoms with van der Waals surface area (Å²) in [5.41, 5.74) is 3.73. The smallest absolute Gasteiger partial charge is 0.0581 e. The molecule has 1 heterocycles. The molecule has 2 aromatic carbocycles. The van der Waals surface area contributed by atoms with Gasteiger partial charge < -0.3 is 0 Å². The van der Waals surface area contributed by atoms with E-state index in [-0.39, 0.29) is 0 Å². The van der Waals surface area contributed by atoms with Gasteiger partial charge in [0.2, 0.25) is 0 Å². The lowest BCUT2D eigenvalue weighted by Gasteiger charge is -2.09. The molecule has 1 aromatic heterocycles. The van der Waals surface area contributed by atoms with Crippen LogP contribution in [0, 0.1) is 6.92 Å². The summed E-state index contributed by atoms with van der Waals surface area (Å²) in [5, 5.41) is 10.2. The maximum Gasteiger partial charge on any atom is 0.0581 e. The minimum absolute atomic E-state index is 1.13. The van der Waals surface area contributed by atoms with Gasteiger partial charge in [0.25, 0.3) is 0 Å². The SMILES string of the molecule is Cc1ccc2cnncc2c1-c1ccccc1. The summed E-state index contributed by atoms with van der Waals surface area (Å²) in [5.74, 6) is 0. The molecule has 2 nitrogen and oxygen atoms in total. The van der Waals surface area contributed by atoms with Gasteiger partial charge >= 0.3 is 0 Å². The molecule has 0 N–H and O–H groups in total. The number of aromatic nitrogens is 2. The fourth-order valence-electron chi connectivity index (χ4n) is 2.17. The number of aryl methyl sites for hydroxylation is 1. The highest BCUT2D eigenvalue weighted by Crippen LogP contribution is 2.30. The van der Waals surface area contributed by atoms with Crippen molar-refractivity contribution >= 4 is 10.8 Å². The van der Waals surface area contributed by atoms with Crippen LogP contribution in [-0.2, 0) is 0 Å². The van der Waals surface area contributed by atoms with Crippen molar-refractivity contribution in [1.82, 2.24) is 10.2 Å². The minimum Gasteiger partial charge on any atom is -0.158 e. The number of benzene rings is 2. The normalized spacial score (nSPS) is 10.6. The quantitative estimate of drug-likeness (QED) is 0.626. The molecule has 0 saturated heterocycles. The predicted octanol–water partition coefficient (Wildman–Crippen LogP) is 3.61. The molecule has 0 spiro atoms. The first-order valence-corrected chi connectivity index (χ1v) is 5.62. The highest BCUT2D eigenvalue weighted by molar-refractivity contribution is 5.97. The van der Waals surface area contributed by atoms with Gasteiger partial charge in [-0.1, -0.05) is 42.5 Å². The fraction of sp³-hybridized carbons (Fsp3) is 0.0667. The Hall–Kier alpha value is -2.22. The molecule has 0 bridgehead atoms. The first-order valence-electron chi connectivity index (χ1n) is 5.62. The van der Waals surface area contributed by atoms with E-state index in [1.54, 1.807) is 6.20 Å². The molecule has 0 aliphatic rings. The molecular formula is C15H12N2. The molecule has 17 heavy (non-hydrogen) atoms. The van der Waals surface area contributed by atoms with Gasteiger partial charge in [0.15, 0.2) is 0 Å². The van der Waals surface area contributed by atoms with Gasteiger partial charge in [-0.2, -0.15) is 10.2 Å². The first kappa shape index (κ1) is 9.97. The molecule has 0 atom stereocenters. The van der Waals surface area contributed by atoms with E-state index < -0.39 is 0 Å². The molecule has 82 valence electrons. The van der Waals surface area contributed by atoms with Crippen molar-refractivity contribution in [1.29, 1.82) is 0 Å². The van der Waals surface area contributed by atoms with Crippen LogP contribution in [0.2, 0.25) is 0 Å². The zero-order chi connectivity index (χ0) is 11.7. The first-order chi connectivity index (χ1) is 8.36. The minimum atomic E-state index is 1.13. The van der Waals surface area contributed by atoms with Crippen molar-refractivity contribution in [3.8, 4) is 11.1 Å². The number of hydrogen-bond donors (Lipinski definition) is 0. The number of fused-ring (bicyclic) bond motifs is 1. The predicted molar refractivity (Wildman–Crippen MR) is 69.7 cm³/mol. The van der Waals surface area contributed by atoms with E-state index in [0.29, 0.717) is 0 Å². The van der Waals surface area contributed by atoms with E-state index in [1.807, 2.05) is 12.3 Å². The average molecular weight is 220 g/mol. The van der Waals surface area contributed by atoms with Crippen LogP contribution in [0.4, 0.5) is 0 Å². The molecule has 3 aromatic rings. The van der Waals surface area contributed by atoms with E-state index >= 15 is 0 Å². The van der Waals surface area contributed by atoms with Gasteiger partial charge in [-0.3, -0.25) is 0 Å². The topological polar surface area (TPSA) is 25.8 Å². The largest absolute Gasteiger partial charge is 0.158 e. The lowest BCUT2D eigenvalue weighted by atomic mass is 9.96. The Kier molecular flexibility index (Phi) is 2.33. The summed E-state index contributed by atoms with van der Waals surface area (Å²) in [6.45, 7) is 2.13. The van der Waals surface area contributed by atoms with Crippen LogP contribution >= 0.6 is 0 Å². The van der Waals surface area contributed by atoms with Gasteiger partial charge in [-0.05, 0) is 23.6 Å². The van der Waals surface area contributed by atoms with Gasteiger partial charge in [0, 0.05) is 10.8 Å². The molecule has 0 aliphatic heterocycles. The fourth-order valence-corrected chi connectivity index (χ4v) is 2.17. The van der Waals surface area contributed by atoms with Crippen molar-refractivity contribution in [3.05, 3.63) is 60.4 Å². The van der Waals surface area contributed by atoms with Gasteiger partial charge in [-0.25, -0.2) is 0 Å². The molecule has 2 heteroatoms. The Bertz CT molecular complexity index is 660. The Balaban J connectivity index is 2.39. The van der Waals surface area contributed by atoms with Crippen molar-refractivity contribution in [2.24, 2.45) is 0 Å². The van der Waals surface area contributed by atoms with Gasteiger partial charge in [-0.15, -0.1) is 0 Å². The Morgan fingerprint density at radius 3 is 2.41 bits per heavy atom. The summed E-state index contributed by atoms with van der Waals surface area (Å²) < 4.78 is 0. The molecule has 0 fully saturated rings. The lowest BCUT2D eigenvalue weighted by Crippen LogP contribution is -1.88. The van der Waals surface area contributed by atoms with E-state index in [1.165, 1.54) is 16.7 Å². The summed E-state index contributed by atoms with van der Waals surface area (Å²) in [6.07, 6.45) is 3.64. The highest BCUT2D eigenvalue weighted by atomic mass is 15.1. The highest BCUT2D eigenvalue weighted by Gasteiger charge is 2.06. The molecule has 3 rings (SSSR count). The molecular weight excluding hydrogens is 208 g/mol. The van der Waals surface area contributed by atoms with Crippen LogP contribution < -0.4 is 0 Å². The van der Waals surface area contributed by atoms with E-state index in [4.69, 9.17) is 0 Å². The molecule has 0 radical (unpaired) electrons. The summed E-state index contributed by atoms with van der Waals surface area (Å²) in [7, 11) is 0. The van der Waals surface area contributed by atoms with Crippen LogP contribution in [0.3, 0.4) is 0 Å². The number of rotatable bonds is 1. The Labute approximate surface area is 99.9 Å². The standard InChI is InChI=1S/C15H12N2/c1-11-7-8-13-9-16-17-10-14(13)15(11)12-5-3-2-4-6-12/h2-10H,1H3. The lowest BCUT2D eigenvalue weighted by molar-refractivity contribution is 1.05. The van der Waals surface area contributed by atoms with Crippen LogP contribution in [-0.4, -0.2) is 10.2 Å². The van der Waals surface area contributed by atoms with Gasteiger partial charge in [0.05, 0.1) is 12.4 Å². The second-order valence-corrected chi connectivity index (χ2v) is 4.12. The monoisotopic (exact) mass is 220 g/mol. The maximum absolute atomic E-state index is 3.99. The number of hydrogen-bond acceptors (Lipinski definition) is 2. The van der Waals surface area contributed by atoms with E-state index in [2.05, 4.69) is 53.5 Å². The average Bonchev–Trinajstić information content (AvgIpc) is 2.39. The molecule has 0 aliphatic carbocycles. The third kappa shape index (κ3) is 1.68. The maximum atomic E-state index is 3.99. The zero-order valence-corrected chi connectivity index (χ0v) is 9.59. The molecule has 0 saturated carbocycles. The van der Waals surface area contributed by atoms with Crippen molar-refractivity contribution in [3.63, 3.8) is 0 Å². The second-order valence-electron chi connectivity index (χ2n) is 4.12. The Morgan fingerprint density at radius 1 is 0.824 bits per heavy atom. The van der Waals surface area contributed by atoms with Crippen LogP contribution in [0.1, 0.15) is 5.56 Å². The van der Waals surface area contributed by atoms with Crippen molar-refractivity contribution < 1.29 is 0 Å². The number of nitrogens with zero attached hydrogens (tertiary/aromatic N) is 2. The zero-order valence-electron chi connectivity index (χ0n) is 9.59.